The van der Waals surface area contributed by atoms with Crippen LogP contribution in [0.2, 0.25) is 0 Å². The molecule has 4 aliphatic carbocycles. The van der Waals surface area contributed by atoms with E-state index in [1.807, 2.05) is 6.07 Å². The molecule has 6 rings (SSSR count). The second-order valence-electron chi connectivity index (χ2n) is 12.5. The highest BCUT2D eigenvalue weighted by atomic mass is 16.3. The number of hydrogen-bond donors (Lipinski definition) is 5. The number of amides is 1. The third-order valence-electron chi connectivity index (χ3n) is 9.87. The van der Waals surface area contributed by atoms with Crippen molar-refractivity contribution in [3.63, 3.8) is 0 Å². The number of primary amides is 1. The Balaban J connectivity index is 1.55. The molecular formula is C32H36N2O8. The van der Waals surface area contributed by atoms with Gasteiger partial charge < -0.3 is 30.6 Å². The van der Waals surface area contributed by atoms with Gasteiger partial charge in [-0.05, 0) is 74.0 Å². The minimum absolute atomic E-state index is 0.0428. The van der Waals surface area contributed by atoms with Crippen LogP contribution < -0.4 is 5.73 Å². The normalized spacial score (nSPS) is 28.1. The lowest BCUT2D eigenvalue weighted by Crippen LogP contribution is -2.65. The molecule has 10 nitrogen and oxygen atoms in total. The number of nitrogens with zero attached hydrogens (tertiary/aromatic N) is 1. The Bertz CT molecular complexity index is 1550. The largest absolute Gasteiger partial charge is 0.508 e. The summed E-state index contributed by atoms with van der Waals surface area (Å²) >= 11 is 0. The Morgan fingerprint density at radius 2 is 1.86 bits per heavy atom. The zero-order valence-electron chi connectivity index (χ0n) is 23.7. The lowest BCUT2D eigenvalue weighted by Gasteiger charge is -2.50. The Morgan fingerprint density at radius 1 is 1.14 bits per heavy atom. The molecule has 0 spiro atoms. The van der Waals surface area contributed by atoms with Gasteiger partial charge in [0.15, 0.2) is 11.4 Å². The molecule has 1 aromatic carbocycles. The topological polar surface area (TPSA) is 175 Å². The van der Waals surface area contributed by atoms with Crippen LogP contribution in [0.4, 0.5) is 0 Å². The van der Waals surface area contributed by atoms with Gasteiger partial charge in [-0.1, -0.05) is 32.1 Å². The maximum atomic E-state index is 14.2. The number of aliphatic hydroxyl groups is 3. The standard InChI is InChI=1S/C32H36N2O8/c1-34(2)25-21-13-17-11-20-19(16-8-9-42-14-16)12-18(10-15-6-4-3-5-7-15)26(35)23(20)27(36)22(17)29(38)32(21,41)30(39)24(28(25)37)31(33)40/h8-9,12,14-15,17,21,25,35-36,39,41H,3-7,10-11,13H2,1-2H3,(H2,33,40)/t17-,21-,25-,32-/m0/s1. The number of fused-ring (bicyclic) bond motifs is 3. The highest BCUT2D eigenvalue weighted by Gasteiger charge is 2.64. The summed E-state index contributed by atoms with van der Waals surface area (Å²) in [5, 5.41) is 46.3. The molecule has 1 aromatic heterocycles. The predicted octanol–water partition coefficient (Wildman–Crippen LogP) is 3.35. The molecule has 0 unspecified atom stereocenters. The number of nitrogens with two attached hydrogens (primary N) is 1. The van der Waals surface area contributed by atoms with Crippen LogP contribution in [0.25, 0.3) is 16.9 Å². The fourth-order valence-electron chi connectivity index (χ4n) is 7.90. The maximum absolute atomic E-state index is 14.2. The molecule has 42 heavy (non-hydrogen) atoms. The van der Waals surface area contributed by atoms with E-state index in [0.29, 0.717) is 23.5 Å². The van der Waals surface area contributed by atoms with Gasteiger partial charge >= 0.3 is 0 Å². The van der Waals surface area contributed by atoms with Crippen LogP contribution >= 0.6 is 0 Å². The lowest BCUT2D eigenvalue weighted by molar-refractivity contribution is -0.153. The van der Waals surface area contributed by atoms with E-state index in [9.17, 15) is 34.8 Å². The monoisotopic (exact) mass is 576 g/mol. The maximum Gasteiger partial charge on any atom is 0.255 e. The summed E-state index contributed by atoms with van der Waals surface area (Å²) in [5.41, 5.74) is 4.72. The first-order chi connectivity index (χ1) is 20.0. The molecular weight excluding hydrogens is 540 g/mol. The molecule has 10 heteroatoms. The van der Waals surface area contributed by atoms with Gasteiger partial charge in [-0.2, -0.15) is 0 Å². The van der Waals surface area contributed by atoms with Crippen LogP contribution in [0, 0.1) is 17.8 Å². The van der Waals surface area contributed by atoms with Crippen LogP contribution in [-0.4, -0.2) is 68.5 Å². The molecule has 2 saturated carbocycles. The van der Waals surface area contributed by atoms with Crippen molar-refractivity contribution >= 4 is 23.2 Å². The molecule has 6 N–H and O–H groups in total. The van der Waals surface area contributed by atoms with Crippen molar-refractivity contribution in [2.45, 2.75) is 63.0 Å². The van der Waals surface area contributed by atoms with Gasteiger partial charge in [-0.25, -0.2) is 0 Å². The summed E-state index contributed by atoms with van der Waals surface area (Å²) in [4.78, 5) is 41.2. The van der Waals surface area contributed by atoms with Crippen LogP contribution in [0.5, 0.6) is 5.75 Å². The van der Waals surface area contributed by atoms with Gasteiger partial charge in [-0.15, -0.1) is 0 Å². The summed E-state index contributed by atoms with van der Waals surface area (Å²) < 4.78 is 5.37. The Morgan fingerprint density at radius 3 is 2.48 bits per heavy atom. The van der Waals surface area contributed by atoms with Gasteiger partial charge in [0.2, 0.25) is 5.78 Å². The van der Waals surface area contributed by atoms with E-state index in [1.54, 1.807) is 32.7 Å². The van der Waals surface area contributed by atoms with Crippen molar-refractivity contribution in [3.05, 3.63) is 58.3 Å². The molecule has 4 atom stereocenters. The first-order valence-corrected chi connectivity index (χ1v) is 14.5. The highest BCUT2D eigenvalue weighted by molar-refractivity contribution is 6.24. The number of phenolic OH excluding ortho intramolecular Hbond substituents is 1. The zero-order chi connectivity index (χ0) is 30.1. The summed E-state index contributed by atoms with van der Waals surface area (Å²) in [5.74, 6) is -6.10. The van der Waals surface area contributed by atoms with Gasteiger partial charge in [-0.3, -0.25) is 19.3 Å². The molecule has 4 aliphatic rings. The van der Waals surface area contributed by atoms with Crippen molar-refractivity contribution in [2.24, 2.45) is 23.5 Å². The number of aromatic hydroxyl groups is 1. The fourth-order valence-corrected chi connectivity index (χ4v) is 7.90. The lowest BCUT2D eigenvalue weighted by atomic mass is 9.57. The number of phenols is 1. The molecule has 0 saturated heterocycles. The number of rotatable bonds is 5. The van der Waals surface area contributed by atoms with E-state index >= 15 is 0 Å². The smallest absolute Gasteiger partial charge is 0.255 e. The van der Waals surface area contributed by atoms with E-state index in [2.05, 4.69) is 0 Å². The molecule has 0 aliphatic heterocycles. The average molecular weight is 577 g/mol. The number of Topliss-reactive ketones (excluding diaryl/α,β-unsaturated/α-hetero) is 2. The van der Waals surface area contributed by atoms with Crippen LogP contribution in [0.15, 0.2) is 46.0 Å². The molecule has 2 fully saturated rings. The zero-order valence-corrected chi connectivity index (χ0v) is 23.7. The Labute approximate surface area is 243 Å². The molecule has 2 aromatic rings. The number of hydrogen-bond acceptors (Lipinski definition) is 9. The van der Waals surface area contributed by atoms with E-state index < -0.39 is 58.0 Å². The minimum atomic E-state index is -2.66. The van der Waals surface area contributed by atoms with Crippen LogP contribution in [0.1, 0.15) is 55.2 Å². The first kappa shape index (κ1) is 28.2. The number of furan rings is 1. The SMILES string of the molecule is CN(C)[C@@H]1C(=O)C(C(N)=O)=C(O)[C@@]2(O)C(=O)C3=C(O)c4c(O)c(CC5CCCCC5)cc(-c5ccoc5)c4C[C@H]3C[C@@H]12. The summed E-state index contributed by atoms with van der Waals surface area (Å²) in [6.45, 7) is 0. The fraction of sp³-hybridized carbons (Fsp3) is 0.469. The van der Waals surface area contributed by atoms with Crippen molar-refractivity contribution in [1.82, 2.24) is 4.90 Å². The van der Waals surface area contributed by atoms with Crippen LogP contribution in [0.3, 0.4) is 0 Å². The van der Waals surface area contributed by atoms with Gasteiger partial charge in [0.1, 0.15) is 22.8 Å². The van der Waals surface area contributed by atoms with Gasteiger partial charge in [0.05, 0.1) is 24.1 Å². The summed E-state index contributed by atoms with van der Waals surface area (Å²) in [6.07, 6.45) is 9.53. The average Bonchev–Trinajstić information content (AvgIpc) is 3.47. The molecule has 222 valence electrons. The summed E-state index contributed by atoms with van der Waals surface area (Å²) in [7, 11) is 3.16. The third-order valence-corrected chi connectivity index (χ3v) is 9.87. The molecule has 1 heterocycles. The van der Waals surface area contributed by atoms with Crippen molar-refractivity contribution in [2.75, 3.05) is 14.1 Å². The summed E-state index contributed by atoms with van der Waals surface area (Å²) in [6, 6.07) is 2.61. The van der Waals surface area contributed by atoms with Gasteiger partial charge in [0.25, 0.3) is 5.91 Å². The molecule has 0 bridgehead atoms. The second-order valence-corrected chi connectivity index (χ2v) is 12.5. The first-order valence-electron chi connectivity index (χ1n) is 14.5. The Hall–Kier alpha value is -3.89. The highest BCUT2D eigenvalue weighted by Crippen LogP contribution is 2.54. The number of carbonyl (C=O) groups is 3. The van der Waals surface area contributed by atoms with Crippen molar-refractivity contribution in [3.8, 4) is 16.9 Å². The predicted molar refractivity (Wildman–Crippen MR) is 152 cm³/mol. The van der Waals surface area contributed by atoms with Crippen LogP contribution in [-0.2, 0) is 27.2 Å². The quantitative estimate of drug-likeness (QED) is 0.334. The number of ketones is 2. The number of likely N-dealkylation sites (N-methyl/N-ethyl adjacent to an activating group) is 1. The van der Waals surface area contributed by atoms with E-state index in [0.717, 1.165) is 36.8 Å². The van der Waals surface area contributed by atoms with Crippen molar-refractivity contribution in [1.29, 1.82) is 0 Å². The van der Waals surface area contributed by atoms with E-state index in [-0.39, 0.29) is 29.7 Å². The Kier molecular flexibility index (Phi) is 6.81. The van der Waals surface area contributed by atoms with E-state index in [1.165, 1.54) is 11.3 Å². The number of carbonyl (C=O) groups excluding carboxylic acids is 3. The third kappa shape index (κ3) is 4.03. The van der Waals surface area contributed by atoms with Crippen molar-refractivity contribution < 1.29 is 39.2 Å². The van der Waals surface area contributed by atoms with E-state index in [4.69, 9.17) is 10.2 Å². The number of benzene rings is 1. The second kappa shape index (κ2) is 10.1. The molecule has 0 radical (unpaired) electrons. The minimum Gasteiger partial charge on any atom is -0.508 e. The van der Waals surface area contributed by atoms with Gasteiger partial charge in [0, 0.05) is 17.1 Å². The number of aliphatic hydroxyl groups excluding tert-OH is 2. The molecule has 1 amide bonds.